The highest BCUT2D eigenvalue weighted by atomic mass is 35.5. The minimum Gasteiger partial charge on any atom is -0.497 e. The smallest absolute Gasteiger partial charge is 0.119 e. The van der Waals surface area contributed by atoms with Crippen molar-refractivity contribution < 1.29 is 4.74 Å². The first-order valence-corrected chi connectivity index (χ1v) is 7.13. The molecular formula is C17H20ClNO. The molecule has 0 saturated heterocycles. The summed E-state index contributed by atoms with van der Waals surface area (Å²) in [4.78, 5) is 0. The van der Waals surface area contributed by atoms with Crippen molar-refractivity contribution in [2.75, 3.05) is 7.11 Å². The van der Waals surface area contributed by atoms with Crippen LogP contribution in [0.4, 0.5) is 0 Å². The maximum atomic E-state index is 5.92. The summed E-state index contributed by atoms with van der Waals surface area (Å²) in [6.07, 6.45) is 0. The van der Waals surface area contributed by atoms with Crippen molar-refractivity contribution in [3.63, 3.8) is 0 Å². The van der Waals surface area contributed by atoms with Gasteiger partial charge >= 0.3 is 0 Å². The third kappa shape index (κ3) is 3.75. The predicted octanol–water partition coefficient (Wildman–Crippen LogP) is 4.76. The van der Waals surface area contributed by atoms with Crippen molar-refractivity contribution in [2.24, 2.45) is 0 Å². The fourth-order valence-electron chi connectivity index (χ4n) is 2.23. The molecule has 106 valence electrons. The lowest BCUT2D eigenvalue weighted by molar-refractivity contribution is 0.412. The van der Waals surface area contributed by atoms with Gasteiger partial charge in [-0.2, -0.15) is 0 Å². The maximum Gasteiger partial charge on any atom is 0.119 e. The first-order valence-electron chi connectivity index (χ1n) is 6.75. The summed E-state index contributed by atoms with van der Waals surface area (Å²) in [7, 11) is 1.69. The molecule has 0 aliphatic heterocycles. The quantitative estimate of drug-likeness (QED) is 0.857. The van der Waals surface area contributed by atoms with E-state index in [9.17, 15) is 0 Å². The number of rotatable bonds is 5. The SMILES string of the molecule is COc1cccc(C(C)NC(C)c2ccc(Cl)cc2)c1. The van der Waals surface area contributed by atoms with Gasteiger partial charge in [0.25, 0.3) is 0 Å². The van der Waals surface area contributed by atoms with E-state index in [1.807, 2.05) is 24.3 Å². The van der Waals surface area contributed by atoms with Gasteiger partial charge in [0.15, 0.2) is 0 Å². The van der Waals surface area contributed by atoms with Gasteiger partial charge in [-0.05, 0) is 49.2 Å². The Morgan fingerprint density at radius 2 is 1.60 bits per heavy atom. The van der Waals surface area contributed by atoms with E-state index in [0.29, 0.717) is 0 Å². The predicted molar refractivity (Wildman–Crippen MR) is 84.4 cm³/mol. The number of methoxy groups -OCH3 is 1. The van der Waals surface area contributed by atoms with Gasteiger partial charge in [0.2, 0.25) is 0 Å². The van der Waals surface area contributed by atoms with Crippen LogP contribution >= 0.6 is 11.6 Å². The van der Waals surface area contributed by atoms with E-state index in [1.54, 1.807) is 7.11 Å². The van der Waals surface area contributed by atoms with E-state index in [-0.39, 0.29) is 12.1 Å². The number of nitrogens with one attached hydrogen (secondary N) is 1. The summed E-state index contributed by atoms with van der Waals surface area (Å²) in [5.41, 5.74) is 2.44. The second-order valence-electron chi connectivity index (χ2n) is 4.94. The van der Waals surface area contributed by atoms with Gasteiger partial charge in [0.05, 0.1) is 7.11 Å². The van der Waals surface area contributed by atoms with Crippen molar-refractivity contribution in [2.45, 2.75) is 25.9 Å². The van der Waals surface area contributed by atoms with E-state index in [0.717, 1.165) is 10.8 Å². The molecule has 2 aromatic rings. The highest BCUT2D eigenvalue weighted by molar-refractivity contribution is 6.30. The van der Waals surface area contributed by atoms with Crippen molar-refractivity contribution in [3.05, 3.63) is 64.7 Å². The lowest BCUT2D eigenvalue weighted by Crippen LogP contribution is -2.22. The van der Waals surface area contributed by atoms with E-state index in [2.05, 4.69) is 43.4 Å². The van der Waals surface area contributed by atoms with Gasteiger partial charge in [-0.15, -0.1) is 0 Å². The van der Waals surface area contributed by atoms with Crippen LogP contribution in [0.2, 0.25) is 5.02 Å². The first-order chi connectivity index (χ1) is 9.60. The Kier molecular flexibility index (Phi) is 5.05. The molecule has 1 N–H and O–H groups in total. The Morgan fingerprint density at radius 3 is 2.25 bits per heavy atom. The number of halogens is 1. The topological polar surface area (TPSA) is 21.3 Å². The molecule has 3 heteroatoms. The molecule has 2 atom stereocenters. The van der Waals surface area contributed by atoms with Gasteiger partial charge in [-0.1, -0.05) is 35.9 Å². The van der Waals surface area contributed by atoms with Crippen LogP contribution in [0.15, 0.2) is 48.5 Å². The molecule has 2 unspecified atom stereocenters. The van der Waals surface area contributed by atoms with Crippen molar-refractivity contribution in [1.29, 1.82) is 0 Å². The first kappa shape index (κ1) is 14.9. The molecule has 2 nitrogen and oxygen atoms in total. The Balaban J connectivity index is 2.06. The number of hydrogen-bond acceptors (Lipinski definition) is 2. The summed E-state index contributed by atoms with van der Waals surface area (Å²) in [5, 5.41) is 4.35. The van der Waals surface area contributed by atoms with Crippen LogP contribution in [0.5, 0.6) is 5.75 Å². The molecule has 0 aromatic heterocycles. The largest absolute Gasteiger partial charge is 0.497 e. The molecule has 2 rings (SSSR count). The minimum atomic E-state index is 0.246. The monoisotopic (exact) mass is 289 g/mol. The van der Waals surface area contributed by atoms with Crippen molar-refractivity contribution >= 4 is 11.6 Å². The van der Waals surface area contributed by atoms with Crippen molar-refractivity contribution in [3.8, 4) is 5.75 Å². The Labute approximate surface area is 125 Å². The fraction of sp³-hybridized carbons (Fsp3) is 0.294. The number of ether oxygens (including phenoxy) is 1. The molecule has 0 amide bonds. The van der Waals surface area contributed by atoms with Crippen LogP contribution in [0, 0.1) is 0 Å². The Bertz CT molecular complexity index is 553. The molecule has 0 heterocycles. The van der Waals surface area contributed by atoms with Crippen LogP contribution in [-0.2, 0) is 0 Å². The lowest BCUT2D eigenvalue weighted by Gasteiger charge is -2.21. The van der Waals surface area contributed by atoms with E-state index >= 15 is 0 Å². The molecule has 0 saturated carbocycles. The van der Waals surface area contributed by atoms with Crippen molar-refractivity contribution in [1.82, 2.24) is 5.32 Å². The minimum absolute atomic E-state index is 0.246. The molecule has 0 aliphatic carbocycles. The summed E-state index contributed by atoms with van der Waals surface area (Å²) in [6, 6.07) is 16.6. The normalized spacial score (nSPS) is 13.8. The Morgan fingerprint density at radius 1 is 0.950 bits per heavy atom. The summed E-state index contributed by atoms with van der Waals surface area (Å²) >= 11 is 5.92. The average molecular weight is 290 g/mol. The van der Waals surface area contributed by atoms with Crippen LogP contribution < -0.4 is 10.1 Å². The Hall–Kier alpha value is -1.51. The molecular weight excluding hydrogens is 270 g/mol. The second-order valence-corrected chi connectivity index (χ2v) is 5.37. The highest BCUT2D eigenvalue weighted by Gasteiger charge is 2.11. The van der Waals surface area contributed by atoms with E-state index < -0.39 is 0 Å². The van der Waals surface area contributed by atoms with E-state index in [4.69, 9.17) is 16.3 Å². The standard InChI is InChI=1S/C17H20ClNO/c1-12(14-7-9-16(18)10-8-14)19-13(2)15-5-4-6-17(11-15)20-3/h4-13,19H,1-3H3. The third-order valence-electron chi connectivity index (χ3n) is 3.46. The number of hydrogen-bond donors (Lipinski definition) is 1. The molecule has 0 fully saturated rings. The molecule has 0 spiro atoms. The van der Waals surface area contributed by atoms with Gasteiger partial charge in [-0.3, -0.25) is 0 Å². The van der Waals surface area contributed by atoms with Crippen LogP contribution in [0.25, 0.3) is 0 Å². The zero-order valence-electron chi connectivity index (χ0n) is 12.1. The summed E-state index contributed by atoms with van der Waals surface area (Å²) in [5.74, 6) is 0.885. The molecule has 20 heavy (non-hydrogen) atoms. The average Bonchev–Trinajstić information content (AvgIpc) is 2.47. The zero-order chi connectivity index (χ0) is 14.5. The second kappa shape index (κ2) is 6.78. The third-order valence-corrected chi connectivity index (χ3v) is 3.72. The zero-order valence-corrected chi connectivity index (χ0v) is 12.8. The van der Waals surface area contributed by atoms with E-state index in [1.165, 1.54) is 11.1 Å². The highest BCUT2D eigenvalue weighted by Crippen LogP contribution is 2.23. The fourth-order valence-corrected chi connectivity index (χ4v) is 2.36. The molecule has 0 aliphatic rings. The van der Waals surface area contributed by atoms with Gasteiger partial charge < -0.3 is 10.1 Å². The molecule has 2 aromatic carbocycles. The maximum absolute atomic E-state index is 5.92. The number of benzene rings is 2. The molecule has 0 bridgehead atoms. The van der Waals surface area contributed by atoms with Gasteiger partial charge in [0, 0.05) is 17.1 Å². The summed E-state index contributed by atoms with van der Waals surface area (Å²) in [6.45, 7) is 4.31. The van der Waals surface area contributed by atoms with Gasteiger partial charge in [-0.25, -0.2) is 0 Å². The summed E-state index contributed by atoms with van der Waals surface area (Å²) < 4.78 is 5.27. The van der Waals surface area contributed by atoms with Gasteiger partial charge in [0.1, 0.15) is 5.75 Å². The molecule has 0 radical (unpaired) electrons. The lowest BCUT2D eigenvalue weighted by atomic mass is 10.0. The van der Waals surface area contributed by atoms with Crippen LogP contribution in [0.3, 0.4) is 0 Å². The van der Waals surface area contributed by atoms with Crippen LogP contribution in [-0.4, -0.2) is 7.11 Å². The van der Waals surface area contributed by atoms with Crippen LogP contribution in [0.1, 0.15) is 37.1 Å².